The Morgan fingerprint density at radius 3 is 2.39 bits per heavy atom. The summed E-state index contributed by atoms with van der Waals surface area (Å²) in [4.78, 5) is 2.35. The van der Waals surface area contributed by atoms with Gasteiger partial charge in [-0.1, -0.05) is 51.3 Å². The van der Waals surface area contributed by atoms with Crippen LogP contribution in [0, 0.1) is 5.92 Å². The van der Waals surface area contributed by atoms with Gasteiger partial charge in [-0.3, -0.25) is 4.90 Å². The molecule has 0 fully saturated rings. The smallest absolute Gasteiger partial charge is 0.121 e. The zero-order chi connectivity index (χ0) is 13.5. The van der Waals surface area contributed by atoms with E-state index in [1.54, 1.807) is 12.1 Å². The molecule has 0 aromatic heterocycles. The molecule has 2 nitrogen and oxygen atoms in total. The molecule has 0 aliphatic heterocycles. The Bertz CT molecular complexity index is 343. The van der Waals surface area contributed by atoms with E-state index in [0.717, 1.165) is 31.1 Å². The van der Waals surface area contributed by atoms with Gasteiger partial charge in [0.15, 0.2) is 0 Å². The van der Waals surface area contributed by atoms with Crippen molar-refractivity contribution in [2.75, 3.05) is 13.1 Å². The van der Waals surface area contributed by atoms with Gasteiger partial charge in [-0.25, -0.2) is 0 Å². The summed E-state index contributed by atoms with van der Waals surface area (Å²) in [5.41, 5.74) is 0.840. The fraction of sp³-hybridized carbons (Fsp3) is 0.600. The van der Waals surface area contributed by atoms with Crippen molar-refractivity contribution >= 4 is 11.6 Å². The van der Waals surface area contributed by atoms with Gasteiger partial charge in [-0.15, -0.1) is 0 Å². The monoisotopic (exact) mass is 269 g/mol. The highest BCUT2D eigenvalue weighted by molar-refractivity contribution is 6.31. The fourth-order valence-corrected chi connectivity index (χ4v) is 2.37. The summed E-state index contributed by atoms with van der Waals surface area (Å²) in [5, 5.41) is 10.5. The van der Waals surface area contributed by atoms with Gasteiger partial charge in [0.05, 0.1) is 0 Å². The van der Waals surface area contributed by atoms with E-state index in [0.29, 0.717) is 10.8 Å². The quantitative estimate of drug-likeness (QED) is 0.798. The zero-order valence-electron chi connectivity index (χ0n) is 11.6. The van der Waals surface area contributed by atoms with Crippen LogP contribution in [0.15, 0.2) is 18.2 Å². The van der Waals surface area contributed by atoms with Crippen molar-refractivity contribution in [3.05, 3.63) is 28.8 Å². The topological polar surface area (TPSA) is 23.5 Å². The van der Waals surface area contributed by atoms with Gasteiger partial charge in [0.1, 0.15) is 5.75 Å². The first-order valence-electron chi connectivity index (χ1n) is 6.80. The molecule has 0 radical (unpaired) electrons. The number of phenols is 1. The predicted molar refractivity (Wildman–Crippen MR) is 78.1 cm³/mol. The normalized spacial score (nSPS) is 11.4. The summed E-state index contributed by atoms with van der Waals surface area (Å²) in [6.45, 7) is 9.37. The van der Waals surface area contributed by atoms with Crippen molar-refractivity contribution in [1.82, 2.24) is 4.90 Å². The number of nitrogens with zero attached hydrogens (tertiary/aromatic N) is 1. The molecule has 0 heterocycles. The molecule has 0 bridgehead atoms. The molecule has 0 amide bonds. The first kappa shape index (κ1) is 15.3. The molecule has 0 unspecified atom stereocenters. The van der Waals surface area contributed by atoms with Gasteiger partial charge < -0.3 is 5.11 Å². The summed E-state index contributed by atoms with van der Waals surface area (Å²) in [6.07, 6.45) is 2.39. The van der Waals surface area contributed by atoms with Crippen molar-refractivity contribution < 1.29 is 5.11 Å². The van der Waals surface area contributed by atoms with E-state index in [2.05, 4.69) is 25.7 Å². The SMILES string of the molecule is CCC(CC)CN(CC)Cc1c(O)cccc1Cl. The molecule has 18 heavy (non-hydrogen) atoms. The number of halogens is 1. The number of hydrogen-bond acceptors (Lipinski definition) is 2. The lowest BCUT2D eigenvalue weighted by Crippen LogP contribution is -2.28. The summed E-state index contributed by atoms with van der Waals surface area (Å²) >= 11 is 6.15. The lowest BCUT2D eigenvalue weighted by molar-refractivity contribution is 0.224. The summed E-state index contributed by atoms with van der Waals surface area (Å²) in [7, 11) is 0. The van der Waals surface area contributed by atoms with Gasteiger partial charge in [0.2, 0.25) is 0 Å². The Morgan fingerprint density at radius 1 is 1.22 bits per heavy atom. The van der Waals surface area contributed by atoms with E-state index >= 15 is 0 Å². The highest BCUT2D eigenvalue weighted by atomic mass is 35.5. The minimum Gasteiger partial charge on any atom is -0.508 e. The molecule has 102 valence electrons. The second-order valence-corrected chi connectivity index (χ2v) is 5.15. The Hall–Kier alpha value is -0.730. The maximum Gasteiger partial charge on any atom is 0.121 e. The molecule has 0 saturated heterocycles. The number of benzene rings is 1. The fourth-order valence-electron chi connectivity index (χ4n) is 2.14. The van der Waals surface area contributed by atoms with E-state index in [-0.39, 0.29) is 0 Å². The molecular weight excluding hydrogens is 246 g/mol. The largest absolute Gasteiger partial charge is 0.508 e. The Kier molecular flexibility index (Phi) is 6.51. The predicted octanol–water partition coefficient (Wildman–Crippen LogP) is 4.30. The van der Waals surface area contributed by atoms with E-state index in [1.807, 2.05) is 6.07 Å². The molecule has 3 heteroatoms. The second-order valence-electron chi connectivity index (χ2n) is 4.75. The standard InChI is InChI=1S/C15H24ClNO/c1-4-12(5-2)10-17(6-3)11-13-14(16)8-7-9-15(13)18/h7-9,12,18H,4-6,10-11H2,1-3H3. The Labute approximate surface area is 116 Å². The molecule has 0 aliphatic rings. The molecule has 1 aromatic carbocycles. The second kappa shape index (κ2) is 7.65. The maximum absolute atomic E-state index is 9.87. The first-order chi connectivity index (χ1) is 8.62. The number of rotatable bonds is 7. The zero-order valence-corrected chi connectivity index (χ0v) is 12.4. The van der Waals surface area contributed by atoms with Gasteiger partial charge in [0.25, 0.3) is 0 Å². The minimum atomic E-state index is 0.297. The van der Waals surface area contributed by atoms with Crippen LogP contribution in [0.1, 0.15) is 39.2 Å². The number of hydrogen-bond donors (Lipinski definition) is 1. The van der Waals surface area contributed by atoms with E-state index in [1.165, 1.54) is 12.8 Å². The van der Waals surface area contributed by atoms with Crippen LogP contribution in [0.25, 0.3) is 0 Å². The molecule has 1 N–H and O–H groups in total. The summed E-state index contributed by atoms with van der Waals surface area (Å²) in [6, 6.07) is 5.31. The van der Waals surface area contributed by atoms with Crippen molar-refractivity contribution in [2.24, 2.45) is 5.92 Å². The highest BCUT2D eigenvalue weighted by Gasteiger charge is 2.14. The van der Waals surface area contributed by atoms with Crippen LogP contribution >= 0.6 is 11.6 Å². The van der Waals surface area contributed by atoms with Gasteiger partial charge >= 0.3 is 0 Å². The van der Waals surface area contributed by atoms with Crippen molar-refractivity contribution in [3.8, 4) is 5.75 Å². The third-order valence-corrected chi connectivity index (χ3v) is 3.95. The van der Waals surface area contributed by atoms with Crippen LogP contribution in [-0.4, -0.2) is 23.1 Å². The van der Waals surface area contributed by atoms with Crippen LogP contribution < -0.4 is 0 Å². The van der Waals surface area contributed by atoms with Crippen LogP contribution in [-0.2, 0) is 6.54 Å². The molecule has 0 spiro atoms. The molecular formula is C15H24ClNO. The molecule has 0 aliphatic carbocycles. The van der Waals surface area contributed by atoms with Gasteiger partial charge in [0, 0.05) is 23.7 Å². The Morgan fingerprint density at radius 2 is 1.89 bits per heavy atom. The van der Waals surface area contributed by atoms with E-state index in [9.17, 15) is 5.11 Å². The number of phenolic OH excluding ortho intramolecular Hbond substituents is 1. The lowest BCUT2D eigenvalue weighted by atomic mass is 10.0. The van der Waals surface area contributed by atoms with Gasteiger partial charge in [-0.05, 0) is 24.6 Å². The van der Waals surface area contributed by atoms with Crippen LogP contribution in [0.3, 0.4) is 0 Å². The van der Waals surface area contributed by atoms with Gasteiger partial charge in [-0.2, -0.15) is 0 Å². The summed E-state index contributed by atoms with van der Waals surface area (Å²) in [5.74, 6) is 1.01. The van der Waals surface area contributed by atoms with Crippen LogP contribution in [0.5, 0.6) is 5.75 Å². The van der Waals surface area contributed by atoms with Crippen LogP contribution in [0.4, 0.5) is 0 Å². The first-order valence-corrected chi connectivity index (χ1v) is 7.18. The van der Waals surface area contributed by atoms with Crippen LogP contribution in [0.2, 0.25) is 5.02 Å². The summed E-state index contributed by atoms with van der Waals surface area (Å²) < 4.78 is 0. The van der Waals surface area contributed by atoms with Crippen molar-refractivity contribution in [1.29, 1.82) is 0 Å². The molecule has 0 saturated carbocycles. The molecule has 0 atom stereocenters. The average Bonchev–Trinajstić information content (AvgIpc) is 2.38. The van der Waals surface area contributed by atoms with Crippen molar-refractivity contribution in [3.63, 3.8) is 0 Å². The lowest BCUT2D eigenvalue weighted by Gasteiger charge is -2.25. The highest BCUT2D eigenvalue weighted by Crippen LogP contribution is 2.27. The van der Waals surface area contributed by atoms with E-state index < -0.39 is 0 Å². The molecule has 1 aromatic rings. The minimum absolute atomic E-state index is 0.297. The average molecular weight is 270 g/mol. The number of aromatic hydroxyl groups is 1. The third kappa shape index (κ3) is 4.18. The van der Waals surface area contributed by atoms with Crippen molar-refractivity contribution in [2.45, 2.75) is 40.2 Å². The maximum atomic E-state index is 9.87. The third-order valence-electron chi connectivity index (χ3n) is 3.59. The molecule has 1 rings (SSSR count). The Balaban J connectivity index is 2.73. The van der Waals surface area contributed by atoms with E-state index in [4.69, 9.17) is 11.6 Å².